The number of rotatable bonds is 12. The van der Waals surface area contributed by atoms with Crippen LogP contribution in [0.25, 0.3) is 10.4 Å². The van der Waals surface area contributed by atoms with Crippen molar-refractivity contribution in [1.29, 1.82) is 0 Å². The lowest BCUT2D eigenvalue weighted by Crippen LogP contribution is -2.06. The van der Waals surface area contributed by atoms with Crippen molar-refractivity contribution >= 4 is 38.9 Å². The molecule has 2 heterocycles. The molecule has 0 spiro atoms. The Kier molecular flexibility index (Phi) is 9.47. The Bertz CT molecular complexity index is 952. The van der Waals surface area contributed by atoms with Crippen LogP contribution in [0.3, 0.4) is 0 Å². The SMILES string of the molecule is O=C(OCCCCCCCCOc1ccc(-c2cc(=S)ss2)cc1)c1cccnc1. The molecule has 2 aromatic heterocycles. The summed E-state index contributed by atoms with van der Waals surface area (Å²) in [5.74, 6) is 0.613. The number of benzene rings is 1. The summed E-state index contributed by atoms with van der Waals surface area (Å²) in [6.07, 6.45) is 9.63. The number of pyridine rings is 1. The van der Waals surface area contributed by atoms with Crippen LogP contribution in [0.15, 0.2) is 54.9 Å². The van der Waals surface area contributed by atoms with E-state index in [1.54, 1.807) is 39.0 Å². The van der Waals surface area contributed by atoms with Gasteiger partial charge in [0, 0.05) is 17.3 Å². The molecule has 158 valence electrons. The smallest absolute Gasteiger partial charge is 0.339 e. The van der Waals surface area contributed by atoms with Gasteiger partial charge in [0.1, 0.15) is 9.57 Å². The molecule has 0 unspecified atom stereocenters. The molecule has 0 fully saturated rings. The molecule has 0 amide bonds. The van der Waals surface area contributed by atoms with Gasteiger partial charge in [-0.1, -0.05) is 58.6 Å². The molecule has 7 heteroatoms. The molecule has 4 nitrogen and oxygen atoms in total. The molecule has 0 saturated heterocycles. The van der Waals surface area contributed by atoms with E-state index in [0.29, 0.717) is 12.2 Å². The predicted molar refractivity (Wildman–Crippen MR) is 126 cm³/mol. The monoisotopic (exact) mass is 459 g/mol. The van der Waals surface area contributed by atoms with Gasteiger partial charge in [0.2, 0.25) is 0 Å². The van der Waals surface area contributed by atoms with Crippen LogP contribution in [0.2, 0.25) is 0 Å². The average Bonchev–Trinajstić information content (AvgIpc) is 3.22. The van der Waals surface area contributed by atoms with Crippen molar-refractivity contribution in [1.82, 2.24) is 4.98 Å². The van der Waals surface area contributed by atoms with Gasteiger partial charge in [-0.15, -0.1) is 0 Å². The lowest BCUT2D eigenvalue weighted by atomic mass is 10.1. The van der Waals surface area contributed by atoms with Crippen molar-refractivity contribution in [2.45, 2.75) is 38.5 Å². The van der Waals surface area contributed by atoms with Gasteiger partial charge in [0.25, 0.3) is 0 Å². The first-order valence-corrected chi connectivity index (χ1v) is 12.7. The maximum Gasteiger partial charge on any atom is 0.339 e. The van der Waals surface area contributed by atoms with Crippen molar-refractivity contribution < 1.29 is 14.3 Å². The van der Waals surface area contributed by atoms with Gasteiger partial charge in [-0.25, -0.2) is 4.79 Å². The molecule has 3 aromatic rings. The van der Waals surface area contributed by atoms with Crippen LogP contribution in [0, 0.1) is 3.82 Å². The molecule has 0 atom stereocenters. The summed E-state index contributed by atoms with van der Waals surface area (Å²) in [6, 6.07) is 13.7. The summed E-state index contributed by atoms with van der Waals surface area (Å²) in [6.45, 7) is 1.20. The Labute approximate surface area is 189 Å². The number of aromatic nitrogens is 1. The molecule has 30 heavy (non-hydrogen) atoms. The van der Waals surface area contributed by atoms with Gasteiger partial charge in [0.15, 0.2) is 0 Å². The molecule has 0 aliphatic carbocycles. The van der Waals surface area contributed by atoms with Crippen molar-refractivity contribution in [2.24, 2.45) is 0 Å². The molecule has 0 aliphatic heterocycles. The van der Waals surface area contributed by atoms with Crippen LogP contribution < -0.4 is 4.74 Å². The second-order valence-electron chi connectivity index (χ2n) is 6.87. The molecule has 3 rings (SSSR count). The van der Waals surface area contributed by atoms with E-state index in [0.717, 1.165) is 48.3 Å². The molecule has 0 bridgehead atoms. The number of carbonyl (C=O) groups is 1. The van der Waals surface area contributed by atoms with Gasteiger partial charge in [0.05, 0.1) is 18.8 Å². The minimum absolute atomic E-state index is 0.297. The third-order valence-electron chi connectivity index (χ3n) is 4.54. The number of nitrogens with zero attached hydrogens (tertiary/aromatic N) is 1. The zero-order chi connectivity index (χ0) is 21.0. The summed E-state index contributed by atoms with van der Waals surface area (Å²) in [4.78, 5) is 16.9. The minimum atomic E-state index is -0.297. The summed E-state index contributed by atoms with van der Waals surface area (Å²) in [5.41, 5.74) is 1.69. The maximum atomic E-state index is 11.8. The maximum absolute atomic E-state index is 11.8. The molecular weight excluding hydrogens is 434 g/mol. The molecular formula is C23H25NO3S3. The first-order valence-electron chi connectivity index (χ1n) is 10.1. The fourth-order valence-corrected chi connectivity index (χ4v) is 5.32. The number of ether oxygens (including phenoxy) is 2. The van der Waals surface area contributed by atoms with E-state index in [-0.39, 0.29) is 5.97 Å². The van der Waals surface area contributed by atoms with Crippen molar-refractivity contribution in [3.63, 3.8) is 0 Å². The van der Waals surface area contributed by atoms with E-state index >= 15 is 0 Å². The van der Waals surface area contributed by atoms with E-state index in [9.17, 15) is 4.79 Å². The van der Waals surface area contributed by atoms with Crippen LogP contribution in [0.5, 0.6) is 5.75 Å². The van der Waals surface area contributed by atoms with Crippen molar-refractivity contribution in [3.05, 3.63) is 64.2 Å². The second-order valence-corrected chi connectivity index (χ2v) is 9.78. The zero-order valence-corrected chi connectivity index (χ0v) is 19.2. The normalized spacial score (nSPS) is 10.7. The first kappa shape index (κ1) is 22.6. The van der Waals surface area contributed by atoms with Crippen LogP contribution in [0.4, 0.5) is 0 Å². The Balaban J connectivity index is 1.19. The highest BCUT2D eigenvalue weighted by molar-refractivity contribution is 7.80. The highest BCUT2D eigenvalue weighted by Crippen LogP contribution is 2.30. The third kappa shape index (κ3) is 7.63. The van der Waals surface area contributed by atoms with E-state index in [1.807, 2.05) is 18.2 Å². The summed E-state index contributed by atoms with van der Waals surface area (Å²) in [5, 5.41) is 0. The molecule has 0 saturated carbocycles. The third-order valence-corrected chi connectivity index (χ3v) is 7.45. The highest BCUT2D eigenvalue weighted by atomic mass is 32.9. The Morgan fingerprint density at radius 3 is 2.33 bits per heavy atom. The molecule has 0 radical (unpaired) electrons. The summed E-state index contributed by atoms with van der Waals surface area (Å²) < 4.78 is 12.0. The zero-order valence-electron chi connectivity index (χ0n) is 16.7. The number of carbonyl (C=O) groups excluding carboxylic acids is 1. The van der Waals surface area contributed by atoms with Gasteiger partial charge >= 0.3 is 5.97 Å². The molecule has 1 aromatic carbocycles. The standard InChI is InChI=1S/C23H25NO3S3/c25-23(19-8-7-13-24-17-19)27-15-6-4-2-1-3-5-14-26-20-11-9-18(10-12-20)21-16-22(28)30-29-21/h7-13,16-17H,1-6,14-15H2. The van der Waals surface area contributed by atoms with E-state index in [2.05, 4.69) is 17.1 Å². The number of hydrogen-bond donors (Lipinski definition) is 0. The van der Waals surface area contributed by atoms with Crippen LogP contribution in [-0.4, -0.2) is 24.2 Å². The lowest BCUT2D eigenvalue weighted by molar-refractivity contribution is 0.0497. The fraction of sp³-hybridized carbons (Fsp3) is 0.348. The fourth-order valence-electron chi connectivity index (χ4n) is 2.92. The average molecular weight is 460 g/mol. The molecule has 0 N–H and O–H groups in total. The van der Waals surface area contributed by atoms with Crippen LogP contribution >= 0.6 is 32.9 Å². The van der Waals surface area contributed by atoms with Gasteiger partial charge in [-0.05, 0) is 60.9 Å². The number of hydrogen-bond acceptors (Lipinski definition) is 7. The Hall–Kier alpha value is -2.09. The predicted octanol–water partition coefficient (Wildman–Crippen LogP) is 7.18. The topological polar surface area (TPSA) is 48.4 Å². The van der Waals surface area contributed by atoms with Crippen molar-refractivity contribution in [2.75, 3.05) is 13.2 Å². The second kappa shape index (κ2) is 12.6. The number of esters is 1. The summed E-state index contributed by atoms with van der Waals surface area (Å²) in [7, 11) is 3.34. The lowest BCUT2D eigenvalue weighted by Gasteiger charge is -2.07. The van der Waals surface area contributed by atoms with Gasteiger partial charge < -0.3 is 9.47 Å². The highest BCUT2D eigenvalue weighted by Gasteiger charge is 2.05. The Morgan fingerprint density at radius 2 is 1.67 bits per heavy atom. The van der Waals surface area contributed by atoms with Crippen LogP contribution in [-0.2, 0) is 4.74 Å². The van der Waals surface area contributed by atoms with Crippen LogP contribution in [0.1, 0.15) is 48.9 Å². The van der Waals surface area contributed by atoms with E-state index in [4.69, 9.17) is 21.7 Å². The van der Waals surface area contributed by atoms with Crippen molar-refractivity contribution in [3.8, 4) is 16.2 Å². The van der Waals surface area contributed by atoms with Gasteiger partial charge in [-0.2, -0.15) is 0 Å². The molecule has 0 aliphatic rings. The summed E-state index contributed by atoms with van der Waals surface area (Å²) >= 11 is 5.19. The number of unbranched alkanes of at least 4 members (excludes halogenated alkanes) is 5. The minimum Gasteiger partial charge on any atom is -0.494 e. The van der Waals surface area contributed by atoms with E-state index in [1.165, 1.54) is 23.1 Å². The Morgan fingerprint density at radius 1 is 0.933 bits per heavy atom. The first-order chi connectivity index (χ1) is 14.7. The van der Waals surface area contributed by atoms with E-state index < -0.39 is 0 Å². The largest absolute Gasteiger partial charge is 0.494 e. The quantitative estimate of drug-likeness (QED) is 0.124. The van der Waals surface area contributed by atoms with Gasteiger partial charge in [-0.3, -0.25) is 4.98 Å².